The van der Waals surface area contributed by atoms with Crippen molar-refractivity contribution in [3.63, 3.8) is 0 Å². The average Bonchev–Trinajstić information content (AvgIpc) is 2.94. The van der Waals surface area contributed by atoms with Gasteiger partial charge in [0, 0.05) is 11.6 Å². The van der Waals surface area contributed by atoms with Crippen LogP contribution in [0.4, 0.5) is 0 Å². The van der Waals surface area contributed by atoms with Gasteiger partial charge in [-0.3, -0.25) is 4.79 Å². The number of aromatic nitrogens is 3. The maximum Gasteiger partial charge on any atom is 0.316 e. The molecule has 0 aliphatic heterocycles. The first-order valence-corrected chi connectivity index (χ1v) is 8.59. The van der Waals surface area contributed by atoms with Crippen molar-refractivity contribution in [2.45, 2.75) is 32.2 Å². The van der Waals surface area contributed by atoms with E-state index >= 15 is 0 Å². The van der Waals surface area contributed by atoms with Crippen LogP contribution < -0.4 is 4.74 Å². The zero-order valence-electron chi connectivity index (χ0n) is 13.0. The molecule has 0 saturated heterocycles. The summed E-state index contributed by atoms with van der Waals surface area (Å²) in [5.74, 6) is 1.36. The van der Waals surface area contributed by atoms with Crippen molar-refractivity contribution >= 4 is 29.3 Å². The first kappa shape index (κ1) is 17.6. The molecule has 0 atom stereocenters. The van der Waals surface area contributed by atoms with E-state index in [2.05, 4.69) is 10.2 Å². The van der Waals surface area contributed by atoms with Gasteiger partial charge in [-0.05, 0) is 38.1 Å². The van der Waals surface area contributed by atoms with E-state index in [-0.39, 0.29) is 11.7 Å². The third kappa shape index (κ3) is 5.14. The number of halogens is 1. The molecule has 124 valence electrons. The Morgan fingerprint density at radius 2 is 2.00 bits per heavy atom. The van der Waals surface area contributed by atoms with Gasteiger partial charge in [-0.2, -0.15) is 0 Å². The van der Waals surface area contributed by atoms with Gasteiger partial charge in [0.25, 0.3) is 0 Å². The van der Waals surface area contributed by atoms with Crippen molar-refractivity contribution in [3.8, 4) is 5.75 Å². The Morgan fingerprint density at radius 3 is 2.65 bits per heavy atom. The minimum absolute atomic E-state index is 0.212. The van der Waals surface area contributed by atoms with Gasteiger partial charge in [-0.25, -0.2) is 0 Å². The maximum atomic E-state index is 11.4. The molecule has 0 saturated carbocycles. The quantitative estimate of drug-likeness (QED) is 0.535. The third-order valence-corrected chi connectivity index (χ3v) is 4.11. The normalized spacial score (nSPS) is 10.6. The molecule has 1 aromatic heterocycles. The van der Waals surface area contributed by atoms with Crippen LogP contribution in [0.3, 0.4) is 0 Å². The van der Waals surface area contributed by atoms with Crippen LogP contribution in [0.25, 0.3) is 0 Å². The van der Waals surface area contributed by atoms with Crippen LogP contribution in [-0.2, 0) is 22.7 Å². The number of carbonyl (C=O) groups is 1. The molecule has 6 nitrogen and oxygen atoms in total. The molecule has 23 heavy (non-hydrogen) atoms. The lowest BCUT2D eigenvalue weighted by Gasteiger charge is -2.08. The van der Waals surface area contributed by atoms with Gasteiger partial charge < -0.3 is 14.0 Å². The van der Waals surface area contributed by atoms with Crippen molar-refractivity contribution < 1.29 is 14.3 Å². The fourth-order valence-corrected chi connectivity index (χ4v) is 2.80. The summed E-state index contributed by atoms with van der Waals surface area (Å²) in [6.07, 6.45) is 0. The minimum atomic E-state index is -0.262. The molecule has 0 amide bonds. The molecule has 0 unspecified atom stereocenters. The van der Waals surface area contributed by atoms with E-state index in [0.29, 0.717) is 41.5 Å². The van der Waals surface area contributed by atoms with Crippen LogP contribution in [0.5, 0.6) is 5.75 Å². The Morgan fingerprint density at radius 1 is 1.26 bits per heavy atom. The van der Waals surface area contributed by atoms with E-state index in [1.54, 1.807) is 31.2 Å². The lowest BCUT2D eigenvalue weighted by molar-refractivity contribution is -0.139. The van der Waals surface area contributed by atoms with Gasteiger partial charge >= 0.3 is 5.97 Å². The van der Waals surface area contributed by atoms with Crippen LogP contribution in [0, 0.1) is 0 Å². The average molecular weight is 356 g/mol. The molecule has 2 rings (SSSR count). The highest BCUT2D eigenvalue weighted by molar-refractivity contribution is 7.99. The lowest BCUT2D eigenvalue weighted by Crippen LogP contribution is -2.09. The first-order valence-electron chi connectivity index (χ1n) is 7.22. The number of thioether (sulfide) groups is 1. The Balaban J connectivity index is 1.97. The van der Waals surface area contributed by atoms with Gasteiger partial charge in [0.15, 0.2) is 11.0 Å². The second-order valence-corrected chi connectivity index (χ2v) is 5.86. The maximum absolute atomic E-state index is 11.4. The van der Waals surface area contributed by atoms with Crippen molar-refractivity contribution in [3.05, 3.63) is 35.1 Å². The third-order valence-electron chi connectivity index (χ3n) is 2.92. The van der Waals surface area contributed by atoms with E-state index in [0.717, 1.165) is 0 Å². The van der Waals surface area contributed by atoms with Crippen LogP contribution in [0.2, 0.25) is 5.02 Å². The van der Waals surface area contributed by atoms with Gasteiger partial charge in [0.05, 0.1) is 12.4 Å². The summed E-state index contributed by atoms with van der Waals surface area (Å²) in [5, 5.41) is 9.58. The molecule has 0 bridgehead atoms. The Hall–Kier alpha value is -1.73. The molecular formula is C15H18ClN3O3S. The number of hydrogen-bond acceptors (Lipinski definition) is 6. The Bertz CT molecular complexity index is 646. The summed E-state index contributed by atoms with van der Waals surface area (Å²) in [4.78, 5) is 11.4. The molecule has 8 heteroatoms. The van der Waals surface area contributed by atoms with Crippen LogP contribution in [0.1, 0.15) is 19.7 Å². The Labute approximate surface area is 144 Å². The predicted octanol–water partition coefficient (Wildman–Crippen LogP) is 3.19. The molecule has 0 aliphatic rings. The van der Waals surface area contributed by atoms with E-state index < -0.39 is 0 Å². The largest absolute Gasteiger partial charge is 0.486 e. The molecule has 0 aliphatic carbocycles. The first-order chi connectivity index (χ1) is 11.1. The minimum Gasteiger partial charge on any atom is -0.486 e. The molecule has 0 radical (unpaired) electrons. The number of esters is 1. The van der Waals surface area contributed by atoms with E-state index in [4.69, 9.17) is 21.1 Å². The zero-order valence-corrected chi connectivity index (χ0v) is 14.6. The fourth-order valence-electron chi connectivity index (χ4n) is 1.86. The van der Waals surface area contributed by atoms with Crippen LogP contribution >= 0.6 is 23.4 Å². The second kappa shape index (κ2) is 8.79. The highest BCUT2D eigenvalue weighted by atomic mass is 35.5. The van der Waals surface area contributed by atoms with Crippen molar-refractivity contribution in [1.82, 2.24) is 14.8 Å². The van der Waals surface area contributed by atoms with Crippen LogP contribution in [-0.4, -0.2) is 33.1 Å². The predicted molar refractivity (Wildman–Crippen MR) is 88.8 cm³/mol. The zero-order chi connectivity index (χ0) is 16.7. The second-order valence-electron chi connectivity index (χ2n) is 4.48. The summed E-state index contributed by atoms with van der Waals surface area (Å²) in [7, 11) is 0. The standard InChI is InChI=1S/C15H18ClN3O3S/c1-3-19-13(9-22-12-7-5-11(16)6-8-12)17-18-15(19)23-10-14(20)21-4-2/h5-8H,3-4,9-10H2,1-2H3. The number of hydrogen-bond donors (Lipinski definition) is 0. The molecule has 0 fully saturated rings. The van der Waals surface area contributed by atoms with Gasteiger partial charge in [-0.15, -0.1) is 10.2 Å². The number of rotatable bonds is 8. The highest BCUT2D eigenvalue weighted by Crippen LogP contribution is 2.20. The van der Waals surface area contributed by atoms with Crippen LogP contribution in [0.15, 0.2) is 29.4 Å². The van der Waals surface area contributed by atoms with Gasteiger partial charge in [0.2, 0.25) is 0 Å². The van der Waals surface area contributed by atoms with Crippen molar-refractivity contribution in [2.24, 2.45) is 0 Å². The summed E-state index contributed by atoms with van der Waals surface area (Å²) in [5.41, 5.74) is 0. The fraction of sp³-hybridized carbons (Fsp3) is 0.400. The number of nitrogens with zero attached hydrogens (tertiary/aromatic N) is 3. The molecule has 2 aromatic rings. The summed E-state index contributed by atoms with van der Waals surface area (Å²) < 4.78 is 12.5. The molecule has 0 spiro atoms. The van der Waals surface area contributed by atoms with Gasteiger partial charge in [-0.1, -0.05) is 23.4 Å². The SMILES string of the molecule is CCOC(=O)CSc1nnc(COc2ccc(Cl)cc2)n1CC. The van der Waals surface area contributed by atoms with Crippen molar-refractivity contribution in [1.29, 1.82) is 0 Å². The lowest BCUT2D eigenvalue weighted by atomic mass is 10.3. The summed E-state index contributed by atoms with van der Waals surface area (Å²) in [6.45, 7) is 5.13. The topological polar surface area (TPSA) is 66.2 Å². The molecule has 1 heterocycles. The smallest absolute Gasteiger partial charge is 0.316 e. The monoisotopic (exact) mass is 355 g/mol. The number of carbonyl (C=O) groups excluding carboxylic acids is 1. The van der Waals surface area contributed by atoms with Crippen molar-refractivity contribution in [2.75, 3.05) is 12.4 Å². The summed E-state index contributed by atoms with van der Waals surface area (Å²) >= 11 is 7.15. The Kier molecular flexibility index (Phi) is 6.73. The number of benzene rings is 1. The highest BCUT2D eigenvalue weighted by Gasteiger charge is 2.14. The van der Waals surface area contributed by atoms with E-state index in [1.807, 2.05) is 11.5 Å². The molecule has 0 N–H and O–H groups in total. The van der Waals surface area contributed by atoms with E-state index in [9.17, 15) is 4.79 Å². The summed E-state index contributed by atoms with van der Waals surface area (Å²) in [6, 6.07) is 7.13. The van der Waals surface area contributed by atoms with Gasteiger partial charge in [0.1, 0.15) is 12.4 Å². The number of ether oxygens (including phenoxy) is 2. The molecular weight excluding hydrogens is 338 g/mol. The molecule has 1 aromatic carbocycles. The van der Waals surface area contributed by atoms with E-state index in [1.165, 1.54) is 11.8 Å².